The summed E-state index contributed by atoms with van der Waals surface area (Å²) < 4.78 is 25.4. The Morgan fingerprint density at radius 1 is 1.23 bits per heavy atom. The van der Waals surface area contributed by atoms with Crippen molar-refractivity contribution in [2.24, 2.45) is 0 Å². The number of rotatable bonds is 1. The van der Waals surface area contributed by atoms with Crippen LogP contribution in [0.4, 0.5) is 8.78 Å². The monoisotopic (exact) mass is 184 g/mol. The summed E-state index contributed by atoms with van der Waals surface area (Å²) in [6, 6.07) is 4.51. The molecule has 0 aromatic heterocycles. The van der Waals surface area contributed by atoms with Gasteiger partial charge < -0.3 is 5.32 Å². The maximum atomic E-state index is 12.8. The molecule has 1 aliphatic rings. The van der Waals surface area contributed by atoms with Crippen molar-refractivity contribution in [3.8, 4) is 0 Å². The van der Waals surface area contributed by atoms with Gasteiger partial charge in [0, 0.05) is 18.4 Å². The van der Waals surface area contributed by atoms with Gasteiger partial charge in [0.15, 0.2) is 11.6 Å². The van der Waals surface area contributed by atoms with Crippen LogP contribution < -0.4 is 5.32 Å². The molecule has 2 rings (SSSR count). The molecule has 1 aliphatic heterocycles. The van der Waals surface area contributed by atoms with Gasteiger partial charge in [-0.2, -0.15) is 0 Å². The molecule has 1 aromatic rings. The quantitative estimate of drug-likeness (QED) is 0.678. The van der Waals surface area contributed by atoms with Crippen molar-refractivity contribution in [3.05, 3.63) is 35.4 Å². The van der Waals surface area contributed by atoms with Crippen molar-refractivity contribution in [2.45, 2.75) is 18.9 Å². The summed E-state index contributed by atoms with van der Waals surface area (Å²) in [7, 11) is 0. The van der Waals surface area contributed by atoms with Gasteiger partial charge in [0.2, 0.25) is 0 Å². The van der Waals surface area contributed by atoms with Crippen LogP contribution in [0, 0.1) is 11.6 Å². The van der Waals surface area contributed by atoms with Crippen LogP contribution in [0.3, 0.4) is 0 Å². The highest BCUT2D eigenvalue weighted by Gasteiger charge is 2.21. The Morgan fingerprint density at radius 3 is 2.69 bits per heavy atom. The summed E-state index contributed by atoms with van der Waals surface area (Å²) in [5.74, 6) is -1.50. The molecule has 0 saturated carbocycles. The fourth-order valence-corrected chi connectivity index (χ4v) is 1.82. The maximum absolute atomic E-state index is 12.8. The second-order valence-electron chi connectivity index (χ2n) is 3.45. The van der Waals surface area contributed by atoms with E-state index in [1.54, 1.807) is 6.07 Å². The molecule has 1 nitrogen and oxygen atoms in total. The van der Waals surface area contributed by atoms with E-state index < -0.39 is 11.6 Å². The van der Waals surface area contributed by atoms with Crippen molar-refractivity contribution in [1.29, 1.82) is 0 Å². The Labute approximate surface area is 75.8 Å². The van der Waals surface area contributed by atoms with E-state index in [-0.39, 0.29) is 0 Å². The van der Waals surface area contributed by atoms with Crippen molar-refractivity contribution < 1.29 is 14.1 Å². The third kappa shape index (κ3) is 1.70. The Hall–Kier alpha value is -0.960. The van der Waals surface area contributed by atoms with Gasteiger partial charge >= 0.3 is 0 Å². The van der Waals surface area contributed by atoms with Gasteiger partial charge in [0.05, 0.1) is 6.54 Å². The normalized spacial score (nSPS) is 22.2. The third-order valence-corrected chi connectivity index (χ3v) is 2.54. The van der Waals surface area contributed by atoms with E-state index in [0.717, 1.165) is 24.9 Å². The van der Waals surface area contributed by atoms with E-state index in [0.29, 0.717) is 6.04 Å². The average molecular weight is 184 g/mol. The van der Waals surface area contributed by atoms with Gasteiger partial charge in [-0.15, -0.1) is 0 Å². The number of benzene rings is 1. The summed E-state index contributed by atoms with van der Waals surface area (Å²) in [5, 5.41) is 2.17. The Bertz CT molecular complexity index is 306. The zero-order valence-electron chi connectivity index (χ0n) is 7.26. The summed E-state index contributed by atoms with van der Waals surface area (Å²) in [5.41, 5.74) is 0.899. The maximum Gasteiger partial charge on any atom is 0.159 e. The van der Waals surface area contributed by atoms with E-state index >= 15 is 0 Å². The zero-order chi connectivity index (χ0) is 9.26. The van der Waals surface area contributed by atoms with Gasteiger partial charge in [-0.25, -0.2) is 8.78 Å². The highest BCUT2D eigenvalue weighted by atomic mass is 19.2. The molecular weight excluding hydrogens is 172 g/mol. The first kappa shape index (κ1) is 8.63. The van der Waals surface area contributed by atoms with Crippen LogP contribution in [0.5, 0.6) is 0 Å². The minimum Gasteiger partial charge on any atom is -0.340 e. The molecule has 1 fully saturated rings. The van der Waals surface area contributed by atoms with E-state index in [9.17, 15) is 8.78 Å². The molecule has 0 spiro atoms. The Balaban J connectivity index is 2.25. The second-order valence-corrected chi connectivity index (χ2v) is 3.45. The summed E-state index contributed by atoms with van der Waals surface area (Å²) >= 11 is 0. The van der Waals surface area contributed by atoms with E-state index in [2.05, 4.69) is 5.32 Å². The number of quaternary nitrogens is 1. The standard InChI is InChI=1S/C10H11F2N/c11-8-4-3-7(6-9(8)12)10-2-1-5-13-10/h3-4,6,10,13H,1-2,5H2/p+1/t10-/m0/s1. The Kier molecular flexibility index (Phi) is 2.27. The van der Waals surface area contributed by atoms with E-state index in [1.807, 2.05) is 0 Å². The summed E-state index contributed by atoms with van der Waals surface area (Å²) in [6.07, 6.45) is 2.22. The highest BCUT2D eigenvalue weighted by molar-refractivity contribution is 5.20. The third-order valence-electron chi connectivity index (χ3n) is 2.54. The van der Waals surface area contributed by atoms with Crippen molar-refractivity contribution in [1.82, 2.24) is 0 Å². The zero-order valence-corrected chi connectivity index (χ0v) is 7.26. The predicted molar refractivity (Wildman–Crippen MR) is 45.1 cm³/mol. The summed E-state index contributed by atoms with van der Waals surface area (Å²) in [6.45, 7) is 1.09. The van der Waals surface area contributed by atoms with Crippen LogP contribution in [0.25, 0.3) is 0 Å². The fraction of sp³-hybridized carbons (Fsp3) is 0.400. The average Bonchev–Trinajstić information content (AvgIpc) is 2.62. The molecule has 1 aromatic carbocycles. The minimum atomic E-state index is -0.762. The number of hydrogen-bond acceptors (Lipinski definition) is 0. The molecule has 0 amide bonds. The molecule has 1 saturated heterocycles. The molecule has 13 heavy (non-hydrogen) atoms. The van der Waals surface area contributed by atoms with Crippen LogP contribution in [0.15, 0.2) is 18.2 Å². The van der Waals surface area contributed by atoms with E-state index in [4.69, 9.17) is 0 Å². The molecule has 3 heteroatoms. The van der Waals surface area contributed by atoms with Crippen LogP contribution in [-0.4, -0.2) is 6.54 Å². The van der Waals surface area contributed by atoms with Gasteiger partial charge in [-0.1, -0.05) is 0 Å². The molecule has 1 atom stereocenters. The van der Waals surface area contributed by atoms with Crippen LogP contribution in [-0.2, 0) is 0 Å². The van der Waals surface area contributed by atoms with Crippen LogP contribution in [0.2, 0.25) is 0 Å². The Morgan fingerprint density at radius 2 is 2.08 bits per heavy atom. The SMILES string of the molecule is Fc1ccc([C@@H]2CCC[NH2+]2)cc1F. The topological polar surface area (TPSA) is 16.6 Å². The highest BCUT2D eigenvalue weighted by Crippen LogP contribution is 2.19. The number of nitrogens with two attached hydrogens (primary N) is 1. The lowest BCUT2D eigenvalue weighted by Crippen LogP contribution is -2.81. The largest absolute Gasteiger partial charge is 0.340 e. The predicted octanol–water partition coefficient (Wildman–Crippen LogP) is 1.36. The van der Waals surface area contributed by atoms with Gasteiger partial charge in [0.25, 0.3) is 0 Å². The number of hydrogen-bond donors (Lipinski definition) is 1. The fourth-order valence-electron chi connectivity index (χ4n) is 1.82. The van der Waals surface area contributed by atoms with Crippen molar-refractivity contribution in [2.75, 3.05) is 6.54 Å². The molecule has 1 heterocycles. The van der Waals surface area contributed by atoms with Gasteiger partial charge in [-0.3, -0.25) is 0 Å². The molecule has 2 N–H and O–H groups in total. The number of halogens is 2. The molecule has 70 valence electrons. The van der Waals surface area contributed by atoms with Crippen molar-refractivity contribution >= 4 is 0 Å². The molecule has 0 radical (unpaired) electrons. The summed E-state index contributed by atoms with van der Waals surface area (Å²) in [4.78, 5) is 0. The second kappa shape index (κ2) is 3.42. The lowest BCUT2D eigenvalue weighted by Gasteiger charge is -2.06. The lowest BCUT2D eigenvalue weighted by atomic mass is 10.1. The molecular formula is C10H12F2N+. The first-order chi connectivity index (χ1) is 6.27. The van der Waals surface area contributed by atoms with Gasteiger partial charge in [0.1, 0.15) is 6.04 Å². The minimum absolute atomic E-state index is 0.329. The van der Waals surface area contributed by atoms with Crippen LogP contribution in [0.1, 0.15) is 24.4 Å². The lowest BCUT2D eigenvalue weighted by molar-refractivity contribution is -0.676. The smallest absolute Gasteiger partial charge is 0.159 e. The molecule has 0 aliphatic carbocycles. The first-order valence-electron chi connectivity index (χ1n) is 4.55. The molecule has 0 bridgehead atoms. The van der Waals surface area contributed by atoms with Gasteiger partial charge in [-0.05, 0) is 18.2 Å². The van der Waals surface area contributed by atoms with Crippen molar-refractivity contribution in [3.63, 3.8) is 0 Å². The van der Waals surface area contributed by atoms with Crippen LogP contribution >= 0.6 is 0 Å². The van der Waals surface area contributed by atoms with E-state index in [1.165, 1.54) is 12.1 Å². The molecule has 0 unspecified atom stereocenters. The first-order valence-corrected chi connectivity index (χ1v) is 4.55.